The lowest BCUT2D eigenvalue weighted by atomic mass is 10.1. The fourth-order valence-corrected chi connectivity index (χ4v) is 2.51. The molecule has 2 aromatic rings. The molecule has 0 spiro atoms. The van der Waals surface area contributed by atoms with Gasteiger partial charge in [-0.2, -0.15) is 0 Å². The Morgan fingerprint density at radius 1 is 1.00 bits per heavy atom. The monoisotopic (exact) mass is 370 g/mol. The van der Waals surface area contributed by atoms with E-state index < -0.39 is 0 Å². The molecule has 6 heteroatoms. The zero-order valence-electron chi connectivity index (χ0n) is 15.7. The van der Waals surface area contributed by atoms with Crippen molar-refractivity contribution in [2.24, 2.45) is 4.99 Å². The molecule has 0 saturated heterocycles. The Kier molecular flexibility index (Phi) is 8.83. The highest BCUT2D eigenvalue weighted by molar-refractivity contribution is 5.80. The predicted octanol–water partition coefficient (Wildman–Crippen LogP) is 2.63. The van der Waals surface area contributed by atoms with E-state index in [1.807, 2.05) is 43.3 Å². The molecule has 0 unspecified atom stereocenters. The summed E-state index contributed by atoms with van der Waals surface area (Å²) in [5.74, 6) is 0.394. The van der Waals surface area contributed by atoms with Gasteiger partial charge in [-0.3, -0.25) is 9.79 Å². The van der Waals surface area contributed by atoms with E-state index in [9.17, 15) is 9.18 Å². The van der Waals surface area contributed by atoms with Crippen LogP contribution in [0.4, 0.5) is 4.39 Å². The number of halogens is 1. The number of benzene rings is 2. The van der Waals surface area contributed by atoms with Crippen LogP contribution >= 0.6 is 0 Å². The van der Waals surface area contributed by atoms with Gasteiger partial charge in [0.1, 0.15) is 5.82 Å². The number of rotatable bonds is 9. The quantitative estimate of drug-likeness (QED) is 0.470. The molecule has 2 aromatic carbocycles. The highest BCUT2D eigenvalue weighted by Crippen LogP contribution is 2.06. The van der Waals surface area contributed by atoms with Gasteiger partial charge in [-0.05, 0) is 30.5 Å². The summed E-state index contributed by atoms with van der Waals surface area (Å²) in [6.45, 7) is 4.15. The van der Waals surface area contributed by atoms with Gasteiger partial charge in [0.15, 0.2) is 5.96 Å². The van der Waals surface area contributed by atoms with Gasteiger partial charge in [-0.25, -0.2) is 4.39 Å². The second-order valence-corrected chi connectivity index (χ2v) is 6.04. The molecule has 0 aliphatic rings. The Morgan fingerprint density at radius 2 is 1.74 bits per heavy atom. The molecule has 3 N–H and O–H groups in total. The van der Waals surface area contributed by atoms with Crippen molar-refractivity contribution in [2.75, 3.05) is 19.6 Å². The molecule has 0 radical (unpaired) electrons. The van der Waals surface area contributed by atoms with E-state index in [2.05, 4.69) is 20.9 Å². The van der Waals surface area contributed by atoms with Crippen molar-refractivity contribution < 1.29 is 9.18 Å². The zero-order valence-corrected chi connectivity index (χ0v) is 15.7. The normalized spacial score (nSPS) is 11.1. The van der Waals surface area contributed by atoms with Crippen LogP contribution in [0.25, 0.3) is 0 Å². The molecular formula is C21H27FN4O. The first-order valence-corrected chi connectivity index (χ1v) is 9.25. The molecule has 0 aliphatic heterocycles. The first kappa shape index (κ1) is 20.4. The summed E-state index contributed by atoms with van der Waals surface area (Å²) in [6.07, 6.45) is 0.880. The molecule has 0 heterocycles. The molecule has 0 atom stereocenters. The number of nitrogens with zero attached hydrogens (tertiary/aromatic N) is 1. The third-order valence-electron chi connectivity index (χ3n) is 3.93. The van der Waals surface area contributed by atoms with Crippen molar-refractivity contribution in [2.45, 2.75) is 26.3 Å². The summed E-state index contributed by atoms with van der Waals surface area (Å²) < 4.78 is 13.6. The summed E-state index contributed by atoms with van der Waals surface area (Å²) in [5, 5.41) is 9.18. The zero-order chi connectivity index (χ0) is 19.3. The number of carbonyl (C=O) groups excluding carboxylic acids is 1. The minimum Gasteiger partial charge on any atom is -0.357 e. The van der Waals surface area contributed by atoms with Crippen molar-refractivity contribution in [3.8, 4) is 0 Å². The lowest BCUT2D eigenvalue weighted by molar-refractivity contribution is -0.121. The Labute approximate surface area is 160 Å². The van der Waals surface area contributed by atoms with E-state index in [0.717, 1.165) is 5.56 Å². The minimum atomic E-state index is -0.198. The van der Waals surface area contributed by atoms with Crippen LogP contribution < -0.4 is 16.0 Å². The number of hydrogen-bond acceptors (Lipinski definition) is 2. The highest BCUT2D eigenvalue weighted by atomic mass is 19.1. The van der Waals surface area contributed by atoms with Gasteiger partial charge in [0.25, 0.3) is 0 Å². The average molecular weight is 370 g/mol. The molecule has 0 aliphatic carbocycles. The lowest BCUT2D eigenvalue weighted by Gasteiger charge is -2.11. The van der Waals surface area contributed by atoms with E-state index in [4.69, 9.17) is 0 Å². The fraction of sp³-hybridized carbons (Fsp3) is 0.333. The van der Waals surface area contributed by atoms with E-state index in [1.54, 1.807) is 12.1 Å². The van der Waals surface area contributed by atoms with E-state index >= 15 is 0 Å². The van der Waals surface area contributed by atoms with Crippen LogP contribution in [0.2, 0.25) is 0 Å². The van der Waals surface area contributed by atoms with Gasteiger partial charge >= 0.3 is 0 Å². The predicted molar refractivity (Wildman–Crippen MR) is 107 cm³/mol. The number of aliphatic imine (C=N–C) groups is 1. The third-order valence-corrected chi connectivity index (χ3v) is 3.93. The number of guanidine groups is 1. The van der Waals surface area contributed by atoms with Gasteiger partial charge in [-0.15, -0.1) is 0 Å². The maximum Gasteiger partial charge on any atom is 0.222 e. The summed E-state index contributed by atoms with van der Waals surface area (Å²) in [7, 11) is 0. The van der Waals surface area contributed by atoms with E-state index in [-0.39, 0.29) is 11.7 Å². The molecule has 5 nitrogen and oxygen atoms in total. The first-order chi connectivity index (χ1) is 13.2. The number of nitrogens with one attached hydrogen (secondary N) is 3. The minimum absolute atomic E-state index is 0.0372. The Bertz CT molecular complexity index is 734. The van der Waals surface area contributed by atoms with Crippen LogP contribution in [0, 0.1) is 5.82 Å². The average Bonchev–Trinajstić information content (AvgIpc) is 2.68. The Hall–Kier alpha value is -2.89. The SMILES string of the molecule is CCNC(=NCCC(=O)NCc1ccccc1)NCCc1ccccc1F. The van der Waals surface area contributed by atoms with Gasteiger partial charge in [0, 0.05) is 26.1 Å². The van der Waals surface area contributed by atoms with Crippen LogP contribution in [0.3, 0.4) is 0 Å². The molecular weight excluding hydrogens is 343 g/mol. The molecule has 0 saturated carbocycles. The van der Waals surface area contributed by atoms with E-state index in [0.29, 0.717) is 50.5 Å². The smallest absolute Gasteiger partial charge is 0.222 e. The summed E-state index contributed by atoms with van der Waals surface area (Å²) in [5.41, 5.74) is 1.73. The summed E-state index contributed by atoms with van der Waals surface area (Å²) >= 11 is 0. The summed E-state index contributed by atoms with van der Waals surface area (Å²) in [6, 6.07) is 16.5. The highest BCUT2D eigenvalue weighted by Gasteiger charge is 2.03. The maximum absolute atomic E-state index is 13.6. The molecule has 0 fully saturated rings. The molecule has 1 amide bonds. The Balaban J connectivity index is 1.72. The fourth-order valence-electron chi connectivity index (χ4n) is 2.51. The Morgan fingerprint density at radius 3 is 2.48 bits per heavy atom. The van der Waals surface area contributed by atoms with Crippen LogP contribution in [0.5, 0.6) is 0 Å². The van der Waals surface area contributed by atoms with Gasteiger partial charge in [-0.1, -0.05) is 48.5 Å². The van der Waals surface area contributed by atoms with Crippen molar-refractivity contribution in [3.05, 3.63) is 71.5 Å². The lowest BCUT2D eigenvalue weighted by Crippen LogP contribution is -2.38. The maximum atomic E-state index is 13.6. The van der Waals surface area contributed by atoms with Crippen molar-refractivity contribution >= 4 is 11.9 Å². The van der Waals surface area contributed by atoms with Crippen molar-refractivity contribution in [1.82, 2.24) is 16.0 Å². The molecule has 27 heavy (non-hydrogen) atoms. The number of amides is 1. The van der Waals surface area contributed by atoms with Crippen LogP contribution in [-0.4, -0.2) is 31.5 Å². The van der Waals surface area contributed by atoms with Crippen LogP contribution in [0.15, 0.2) is 59.6 Å². The topological polar surface area (TPSA) is 65.5 Å². The van der Waals surface area contributed by atoms with Gasteiger partial charge < -0.3 is 16.0 Å². The second-order valence-electron chi connectivity index (χ2n) is 6.04. The first-order valence-electron chi connectivity index (χ1n) is 9.25. The standard InChI is InChI=1S/C21H27FN4O/c1-2-23-21(24-14-12-18-10-6-7-11-19(18)22)25-15-13-20(27)26-16-17-8-4-3-5-9-17/h3-11H,2,12-16H2,1H3,(H,26,27)(H2,23,24,25). The largest absolute Gasteiger partial charge is 0.357 e. The van der Waals surface area contributed by atoms with Gasteiger partial charge in [0.05, 0.1) is 6.54 Å². The molecule has 2 rings (SSSR count). The van der Waals surface area contributed by atoms with Crippen LogP contribution in [0.1, 0.15) is 24.5 Å². The van der Waals surface area contributed by atoms with Crippen molar-refractivity contribution in [1.29, 1.82) is 0 Å². The molecule has 144 valence electrons. The second kappa shape index (κ2) is 11.7. The van der Waals surface area contributed by atoms with Crippen LogP contribution in [-0.2, 0) is 17.8 Å². The van der Waals surface area contributed by atoms with Crippen molar-refractivity contribution in [3.63, 3.8) is 0 Å². The number of carbonyl (C=O) groups is 1. The molecule has 0 bridgehead atoms. The molecule has 0 aromatic heterocycles. The summed E-state index contributed by atoms with van der Waals surface area (Å²) in [4.78, 5) is 16.3. The van der Waals surface area contributed by atoms with E-state index in [1.165, 1.54) is 6.07 Å². The van der Waals surface area contributed by atoms with Gasteiger partial charge in [0.2, 0.25) is 5.91 Å². The third kappa shape index (κ3) is 7.90. The number of hydrogen-bond donors (Lipinski definition) is 3.